The summed E-state index contributed by atoms with van der Waals surface area (Å²) in [5.41, 5.74) is 0. The molecule has 0 aromatic carbocycles. The summed E-state index contributed by atoms with van der Waals surface area (Å²) in [5.74, 6) is -0.913. The van der Waals surface area contributed by atoms with E-state index in [1.165, 1.54) is 19.6 Å². The predicted octanol–water partition coefficient (Wildman–Crippen LogP) is 2.22. The summed E-state index contributed by atoms with van der Waals surface area (Å²) in [6.45, 7) is 13.4. The summed E-state index contributed by atoms with van der Waals surface area (Å²) in [6.07, 6.45) is 0.511. The second-order valence-corrected chi connectivity index (χ2v) is 3.17. The van der Waals surface area contributed by atoms with E-state index in [1.807, 2.05) is 0 Å². The van der Waals surface area contributed by atoms with Gasteiger partial charge in [-0.1, -0.05) is 34.6 Å². The highest BCUT2D eigenvalue weighted by Gasteiger charge is 2.03. The van der Waals surface area contributed by atoms with Crippen molar-refractivity contribution >= 4 is 11.9 Å². The highest BCUT2D eigenvalue weighted by atomic mass is 16.6. The lowest BCUT2D eigenvalue weighted by atomic mass is 10.5. The van der Waals surface area contributed by atoms with E-state index in [9.17, 15) is 9.59 Å². The van der Waals surface area contributed by atoms with Crippen molar-refractivity contribution in [1.82, 2.24) is 4.90 Å². The van der Waals surface area contributed by atoms with Crippen molar-refractivity contribution in [2.45, 2.75) is 47.5 Å². The molecule has 0 spiro atoms. The van der Waals surface area contributed by atoms with Crippen molar-refractivity contribution in [3.05, 3.63) is 0 Å². The molecule has 16 heavy (non-hydrogen) atoms. The highest BCUT2D eigenvalue weighted by Crippen LogP contribution is 1.88. The van der Waals surface area contributed by atoms with Crippen LogP contribution in [0, 0.1) is 0 Å². The Hall–Kier alpha value is -0.900. The average molecular weight is 231 g/mol. The number of carbonyl (C=O) groups is 2. The fourth-order valence-corrected chi connectivity index (χ4v) is 0.942. The van der Waals surface area contributed by atoms with Crippen LogP contribution in [0.4, 0.5) is 0 Å². The zero-order chi connectivity index (χ0) is 13.0. The van der Waals surface area contributed by atoms with Crippen LogP contribution in [0.25, 0.3) is 0 Å². The van der Waals surface area contributed by atoms with Crippen LogP contribution in [0.15, 0.2) is 0 Å². The van der Waals surface area contributed by atoms with Crippen LogP contribution in [0.1, 0.15) is 47.5 Å². The Bertz CT molecular complexity index is 169. The SMILES string of the molecule is CCC(=O)OC(=O)CC.CCN(CC)CC. The first-order valence-corrected chi connectivity index (χ1v) is 6.01. The molecule has 0 bridgehead atoms. The van der Waals surface area contributed by atoms with Crippen molar-refractivity contribution in [2.24, 2.45) is 0 Å². The Labute approximate surface area is 99.0 Å². The topological polar surface area (TPSA) is 46.6 Å². The van der Waals surface area contributed by atoms with Gasteiger partial charge in [0.1, 0.15) is 0 Å². The van der Waals surface area contributed by atoms with Gasteiger partial charge in [0, 0.05) is 12.8 Å². The standard InChI is InChI=1S/C6H15N.C6H10O3/c1-4-7(5-2)6-3;1-3-5(7)9-6(8)4-2/h4-6H2,1-3H3;3-4H2,1-2H3. The molecule has 0 amide bonds. The molecule has 0 saturated heterocycles. The molecule has 0 unspecified atom stereocenters. The molecule has 0 aliphatic carbocycles. The molecular formula is C12H25NO3. The van der Waals surface area contributed by atoms with E-state index in [-0.39, 0.29) is 12.8 Å². The van der Waals surface area contributed by atoms with E-state index in [2.05, 4.69) is 30.4 Å². The first kappa shape index (κ1) is 17.5. The highest BCUT2D eigenvalue weighted by molar-refractivity contribution is 5.84. The monoisotopic (exact) mass is 231 g/mol. The van der Waals surface area contributed by atoms with Gasteiger partial charge in [0.25, 0.3) is 0 Å². The number of rotatable bonds is 5. The molecule has 0 saturated carbocycles. The maximum Gasteiger partial charge on any atom is 0.313 e. The lowest BCUT2D eigenvalue weighted by molar-refractivity contribution is -0.159. The van der Waals surface area contributed by atoms with Crippen LogP contribution in [0.5, 0.6) is 0 Å². The Morgan fingerprint density at radius 3 is 1.25 bits per heavy atom. The molecule has 96 valence electrons. The third-order valence-corrected chi connectivity index (χ3v) is 2.15. The number of hydrogen-bond donors (Lipinski definition) is 0. The number of nitrogens with zero attached hydrogens (tertiary/aromatic N) is 1. The molecule has 0 fully saturated rings. The third kappa shape index (κ3) is 11.2. The van der Waals surface area contributed by atoms with Crippen LogP contribution < -0.4 is 0 Å². The van der Waals surface area contributed by atoms with Crippen molar-refractivity contribution in [3.63, 3.8) is 0 Å². The quantitative estimate of drug-likeness (QED) is 0.537. The molecule has 0 radical (unpaired) electrons. The van der Waals surface area contributed by atoms with Crippen molar-refractivity contribution < 1.29 is 14.3 Å². The van der Waals surface area contributed by atoms with Crippen LogP contribution in [0.3, 0.4) is 0 Å². The smallest absolute Gasteiger partial charge is 0.313 e. The van der Waals surface area contributed by atoms with Crippen LogP contribution in [-0.2, 0) is 14.3 Å². The van der Waals surface area contributed by atoms with Gasteiger partial charge in [0.15, 0.2) is 0 Å². The van der Waals surface area contributed by atoms with E-state index >= 15 is 0 Å². The zero-order valence-electron chi connectivity index (χ0n) is 11.2. The Morgan fingerprint density at radius 2 is 1.12 bits per heavy atom. The van der Waals surface area contributed by atoms with Gasteiger partial charge in [-0.25, -0.2) is 0 Å². The van der Waals surface area contributed by atoms with Gasteiger partial charge in [-0.3, -0.25) is 9.59 Å². The fraction of sp³-hybridized carbons (Fsp3) is 0.833. The molecule has 0 aliphatic rings. The Balaban J connectivity index is 0. The third-order valence-electron chi connectivity index (χ3n) is 2.15. The van der Waals surface area contributed by atoms with Gasteiger partial charge < -0.3 is 9.64 Å². The minimum atomic E-state index is -0.457. The summed E-state index contributed by atoms with van der Waals surface area (Å²) >= 11 is 0. The molecular weight excluding hydrogens is 206 g/mol. The summed E-state index contributed by atoms with van der Waals surface area (Å²) in [6, 6.07) is 0. The van der Waals surface area contributed by atoms with Gasteiger partial charge >= 0.3 is 11.9 Å². The molecule has 0 rings (SSSR count). The minimum Gasteiger partial charge on any atom is -0.393 e. The molecule has 0 heterocycles. The average Bonchev–Trinajstić information content (AvgIpc) is 2.31. The summed E-state index contributed by atoms with van der Waals surface area (Å²) in [7, 11) is 0. The van der Waals surface area contributed by atoms with Crippen LogP contribution >= 0.6 is 0 Å². The van der Waals surface area contributed by atoms with E-state index in [1.54, 1.807) is 13.8 Å². The maximum atomic E-state index is 10.3. The number of ether oxygens (including phenoxy) is 1. The summed E-state index contributed by atoms with van der Waals surface area (Å²) in [4.78, 5) is 23.1. The zero-order valence-corrected chi connectivity index (χ0v) is 11.2. The molecule has 4 heteroatoms. The van der Waals surface area contributed by atoms with Crippen molar-refractivity contribution in [1.29, 1.82) is 0 Å². The minimum absolute atomic E-state index is 0.256. The first-order valence-electron chi connectivity index (χ1n) is 6.01. The Kier molecular flexibility index (Phi) is 13.3. The number of hydrogen-bond acceptors (Lipinski definition) is 4. The van der Waals surface area contributed by atoms with E-state index < -0.39 is 11.9 Å². The Morgan fingerprint density at radius 1 is 0.812 bits per heavy atom. The van der Waals surface area contributed by atoms with Gasteiger partial charge in [0.2, 0.25) is 0 Å². The number of carbonyl (C=O) groups excluding carboxylic acids is 2. The van der Waals surface area contributed by atoms with Crippen molar-refractivity contribution in [3.8, 4) is 0 Å². The molecule has 0 aromatic rings. The van der Waals surface area contributed by atoms with Crippen molar-refractivity contribution in [2.75, 3.05) is 19.6 Å². The lowest BCUT2D eigenvalue weighted by Crippen LogP contribution is -2.21. The molecule has 0 aliphatic heterocycles. The van der Waals surface area contributed by atoms with Gasteiger partial charge in [-0.05, 0) is 19.6 Å². The van der Waals surface area contributed by atoms with E-state index in [0.29, 0.717) is 0 Å². The maximum absolute atomic E-state index is 10.3. The van der Waals surface area contributed by atoms with Crippen LogP contribution in [-0.4, -0.2) is 36.5 Å². The second-order valence-electron chi connectivity index (χ2n) is 3.17. The van der Waals surface area contributed by atoms with E-state index in [0.717, 1.165) is 0 Å². The lowest BCUT2D eigenvalue weighted by Gasteiger charge is -2.13. The van der Waals surface area contributed by atoms with E-state index in [4.69, 9.17) is 0 Å². The second kappa shape index (κ2) is 12.2. The molecule has 4 nitrogen and oxygen atoms in total. The predicted molar refractivity (Wildman–Crippen MR) is 65.1 cm³/mol. The molecule has 0 atom stereocenters. The molecule has 0 N–H and O–H groups in total. The summed E-state index contributed by atoms with van der Waals surface area (Å²) < 4.78 is 4.27. The first-order chi connectivity index (χ1) is 7.55. The van der Waals surface area contributed by atoms with Gasteiger partial charge in [-0.15, -0.1) is 0 Å². The van der Waals surface area contributed by atoms with Crippen LogP contribution in [0.2, 0.25) is 0 Å². The normalized spacial score (nSPS) is 9.38. The fourth-order valence-electron chi connectivity index (χ4n) is 0.942. The molecule has 0 aromatic heterocycles. The number of esters is 2. The van der Waals surface area contributed by atoms with Gasteiger partial charge in [0.05, 0.1) is 0 Å². The van der Waals surface area contributed by atoms with Gasteiger partial charge in [-0.2, -0.15) is 0 Å². The summed E-state index contributed by atoms with van der Waals surface area (Å²) in [5, 5.41) is 0. The largest absolute Gasteiger partial charge is 0.393 e.